The lowest BCUT2D eigenvalue weighted by Crippen LogP contribution is -2.36. The van der Waals surface area contributed by atoms with Crippen molar-refractivity contribution < 1.29 is 9.53 Å². The molecule has 0 saturated carbocycles. The summed E-state index contributed by atoms with van der Waals surface area (Å²) in [6.07, 6.45) is 2.60. The lowest BCUT2D eigenvalue weighted by Gasteiger charge is -2.05. The van der Waals surface area contributed by atoms with Gasteiger partial charge in [-0.05, 0) is 12.1 Å². The van der Waals surface area contributed by atoms with E-state index in [9.17, 15) is 4.79 Å². The highest BCUT2D eigenvalue weighted by Crippen LogP contribution is 1.92. The number of rotatable bonds is 8. The summed E-state index contributed by atoms with van der Waals surface area (Å²) in [7, 11) is 1.61. The molecule has 94 valence electrons. The first kappa shape index (κ1) is 13.6. The summed E-state index contributed by atoms with van der Waals surface area (Å²) in [4.78, 5) is 15.5. The van der Waals surface area contributed by atoms with Gasteiger partial charge < -0.3 is 15.4 Å². The minimum Gasteiger partial charge on any atom is -0.383 e. The SMILES string of the molecule is COCCNC(=O)CNCCc1ccccn1. The molecule has 17 heavy (non-hydrogen) atoms. The van der Waals surface area contributed by atoms with Crippen LogP contribution in [0.25, 0.3) is 0 Å². The predicted molar refractivity (Wildman–Crippen MR) is 65.7 cm³/mol. The van der Waals surface area contributed by atoms with Gasteiger partial charge in [0.25, 0.3) is 0 Å². The molecule has 1 aromatic rings. The number of hydrogen-bond acceptors (Lipinski definition) is 4. The van der Waals surface area contributed by atoms with Crippen LogP contribution in [0, 0.1) is 0 Å². The first-order valence-corrected chi connectivity index (χ1v) is 5.69. The highest BCUT2D eigenvalue weighted by molar-refractivity contribution is 5.77. The quantitative estimate of drug-likeness (QED) is 0.624. The number of methoxy groups -OCH3 is 1. The molecule has 0 bridgehead atoms. The summed E-state index contributed by atoms with van der Waals surface area (Å²) in [6, 6.07) is 5.82. The number of pyridine rings is 1. The monoisotopic (exact) mass is 237 g/mol. The Morgan fingerprint density at radius 1 is 1.41 bits per heavy atom. The van der Waals surface area contributed by atoms with E-state index >= 15 is 0 Å². The van der Waals surface area contributed by atoms with E-state index in [4.69, 9.17) is 4.74 Å². The first-order chi connectivity index (χ1) is 8.33. The Kier molecular flexibility index (Phi) is 6.93. The van der Waals surface area contributed by atoms with Crippen molar-refractivity contribution in [3.05, 3.63) is 30.1 Å². The number of nitrogens with zero attached hydrogens (tertiary/aromatic N) is 1. The maximum Gasteiger partial charge on any atom is 0.234 e. The van der Waals surface area contributed by atoms with Crippen molar-refractivity contribution in [3.63, 3.8) is 0 Å². The van der Waals surface area contributed by atoms with Gasteiger partial charge in [0.1, 0.15) is 0 Å². The normalized spacial score (nSPS) is 10.2. The molecule has 0 radical (unpaired) electrons. The Balaban J connectivity index is 2.02. The number of aromatic nitrogens is 1. The number of nitrogens with one attached hydrogen (secondary N) is 2. The van der Waals surface area contributed by atoms with Gasteiger partial charge >= 0.3 is 0 Å². The van der Waals surface area contributed by atoms with Gasteiger partial charge in [-0.2, -0.15) is 0 Å². The molecule has 0 unspecified atom stereocenters. The van der Waals surface area contributed by atoms with Crippen LogP contribution in [0.1, 0.15) is 5.69 Å². The standard InChI is InChI=1S/C12H19N3O2/c1-17-9-8-15-12(16)10-13-7-5-11-4-2-3-6-14-11/h2-4,6,13H,5,7-10H2,1H3,(H,15,16). The third-order valence-electron chi connectivity index (χ3n) is 2.20. The van der Waals surface area contributed by atoms with Gasteiger partial charge in [0.05, 0.1) is 13.2 Å². The van der Waals surface area contributed by atoms with Gasteiger partial charge in [-0.25, -0.2) is 0 Å². The number of carbonyl (C=O) groups is 1. The van der Waals surface area contributed by atoms with E-state index in [-0.39, 0.29) is 5.91 Å². The molecule has 1 amide bonds. The van der Waals surface area contributed by atoms with Crippen molar-refractivity contribution >= 4 is 5.91 Å². The molecule has 0 spiro atoms. The number of carbonyl (C=O) groups excluding carboxylic acids is 1. The topological polar surface area (TPSA) is 63.2 Å². The second-order valence-electron chi connectivity index (χ2n) is 3.59. The van der Waals surface area contributed by atoms with E-state index < -0.39 is 0 Å². The van der Waals surface area contributed by atoms with Gasteiger partial charge in [0.15, 0.2) is 0 Å². The molecular formula is C12H19N3O2. The highest BCUT2D eigenvalue weighted by atomic mass is 16.5. The van der Waals surface area contributed by atoms with Gasteiger partial charge in [-0.15, -0.1) is 0 Å². The Morgan fingerprint density at radius 3 is 3.00 bits per heavy atom. The number of ether oxygens (including phenoxy) is 1. The molecule has 5 heteroatoms. The molecule has 0 fully saturated rings. The summed E-state index contributed by atoms with van der Waals surface area (Å²) >= 11 is 0. The van der Waals surface area contributed by atoms with E-state index in [0.29, 0.717) is 19.7 Å². The van der Waals surface area contributed by atoms with Crippen LogP contribution in [0.5, 0.6) is 0 Å². The van der Waals surface area contributed by atoms with E-state index in [1.54, 1.807) is 13.3 Å². The second kappa shape index (κ2) is 8.66. The molecule has 0 aromatic carbocycles. The van der Waals surface area contributed by atoms with Gasteiger partial charge in [0.2, 0.25) is 5.91 Å². The van der Waals surface area contributed by atoms with Crippen LogP contribution >= 0.6 is 0 Å². The van der Waals surface area contributed by atoms with Crippen LogP contribution in [0.3, 0.4) is 0 Å². The highest BCUT2D eigenvalue weighted by Gasteiger charge is 1.99. The molecule has 0 aliphatic carbocycles. The van der Waals surface area contributed by atoms with Crippen LogP contribution in [0.15, 0.2) is 24.4 Å². The van der Waals surface area contributed by atoms with Crippen molar-refractivity contribution in [2.75, 3.05) is 33.4 Å². The molecule has 1 aromatic heterocycles. The Bertz CT molecular complexity index is 317. The summed E-state index contributed by atoms with van der Waals surface area (Å²) < 4.78 is 4.83. The molecule has 2 N–H and O–H groups in total. The number of hydrogen-bond donors (Lipinski definition) is 2. The fraction of sp³-hybridized carbons (Fsp3) is 0.500. The molecular weight excluding hydrogens is 218 g/mol. The van der Waals surface area contributed by atoms with Crippen molar-refractivity contribution in [2.45, 2.75) is 6.42 Å². The minimum absolute atomic E-state index is 0.0110. The largest absolute Gasteiger partial charge is 0.383 e. The minimum atomic E-state index is -0.0110. The molecule has 0 aliphatic heterocycles. The van der Waals surface area contributed by atoms with Crippen LogP contribution in [0.2, 0.25) is 0 Å². The van der Waals surface area contributed by atoms with Crippen molar-refractivity contribution in [2.24, 2.45) is 0 Å². The Morgan fingerprint density at radius 2 is 2.29 bits per heavy atom. The van der Waals surface area contributed by atoms with Gasteiger partial charge in [-0.1, -0.05) is 6.07 Å². The van der Waals surface area contributed by atoms with E-state index in [2.05, 4.69) is 15.6 Å². The molecule has 0 aliphatic rings. The maximum absolute atomic E-state index is 11.3. The average molecular weight is 237 g/mol. The number of amides is 1. The van der Waals surface area contributed by atoms with Crippen molar-refractivity contribution in [1.29, 1.82) is 0 Å². The second-order valence-corrected chi connectivity index (χ2v) is 3.59. The third kappa shape index (κ3) is 6.65. The Hall–Kier alpha value is -1.46. The van der Waals surface area contributed by atoms with Crippen LogP contribution in [-0.4, -0.2) is 44.2 Å². The van der Waals surface area contributed by atoms with Gasteiger partial charge in [0, 0.05) is 38.5 Å². The molecule has 1 rings (SSSR count). The third-order valence-corrected chi connectivity index (χ3v) is 2.20. The molecule has 5 nitrogen and oxygen atoms in total. The van der Waals surface area contributed by atoms with Gasteiger partial charge in [-0.3, -0.25) is 9.78 Å². The van der Waals surface area contributed by atoms with E-state index in [0.717, 1.165) is 18.7 Å². The molecule has 1 heterocycles. The first-order valence-electron chi connectivity index (χ1n) is 5.69. The maximum atomic E-state index is 11.3. The fourth-order valence-electron chi connectivity index (χ4n) is 1.32. The smallest absolute Gasteiger partial charge is 0.234 e. The zero-order chi connectivity index (χ0) is 12.3. The van der Waals surface area contributed by atoms with Crippen LogP contribution < -0.4 is 10.6 Å². The van der Waals surface area contributed by atoms with Crippen molar-refractivity contribution in [1.82, 2.24) is 15.6 Å². The van der Waals surface area contributed by atoms with Crippen molar-refractivity contribution in [3.8, 4) is 0 Å². The average Bonchev–Trinajstić information content (AvgIpc) is 2.36. The zero-order valence-electron chi connectivity index (χ0n) is 10.1. The molecule has 0 atom stereocenters. The van der Waals surface area contributed by atoms with E-state index in [1.807, 2.05) is 18.2 Å². The van der Waals surface area contributed by atoms with Crippen LogP contribution in [0.4, 0.5) is 0 Å². The lowest BCUT2D eigenvalue weighted by atomic mass is 10.3. The lowest BCUT2D eigenvalue weighted by molar-refractivity contribution is -0.120. The zero-order valence-corrected chi connectivity index (χ0v) is 10.1. The van der Waals surface area contributed by atoms with Crippen LogP contribution in [-0.2, 0) is 16.0 Å². The summed E-state index contributed by atoms with van der Waals surface area (Å²) in [5.41, 5.74) is 1.03. The van der Waals surface area contributed by atoms with E-state index in [1.165, 1.54) is 0 Å². The predicted octanol–water partition coefficient (Wildman–Crippen LogP) is -0.0237. The summed E-state index contributed by atoms with van der Waals surface area (Å²) in [5.74, 6) is -0.0110. The molecule has 0 saturated heterocycles. The Labute approximate surface area is 102 Å². The fourth-order valence-corrected chi connectivity index (χ4v) is 1.32. The summed E-state index contributed by atoms with van der Waals surface area (Å²) in [6.45, 7) is 2.17. The summed E-state index contributed by atoms with van der Waals surface area (Å²) in [5, 5.41) is 5.81.